The van der Waals surface area contributed by atoms with Crippen molar-refractivity contribution in [1.29, 1.82) is 0 Å². The van der Waals surface area contributed by atoms with E-state index in [2.05, 4.69) is 5.16 Å². The third-order valence-electron chi connectivity index (χ3n) is 8.26. The van der Waals surface area contributed by atoms with Gasteiger partial charge in [-0.15, -0.1) is 0 Å². The number of Topliss-reactive ketones (excluding diaryl/α,β-unsaturated/α-hetero) is 1. The Morgan fingerprint density at radius 3 is 1.68 bits per heavy atom. The van der Waals surface area contributed by atoms with Gasteiger partial charge in [0.25, 0.3) is 0 Å². The first-order chi connectivity index (χ1) is 21.1. The molecule has 1 saturated heterocycles. The van der Waals surface area contributed by atoms with E-state index in [4.69, 9.17) is 18.9 Å². The highest BCUT2D eigenvalue weighted by Crippen LogP contribution is 2.58. The van der Waals surface area contributed by atoms with Crippen LogP contribution in [0.1, 0.15) is 37.5 Å². The van der Waals surface area contributed by atoms with Crippen LogP contribution >= 0.6 is 0 Å². The molecule has 0 aromatic heterocycles. The summed E-state index contributed by atoms with van der Waals surface area (Å²) in [6, 6.07) is 24.9. The smallest absolute Gasteiger partial charge is 0.338 e. The molecular formula is C33H33NO9Si. The molecule has 1 aliphatic heterocycles. The molecule has 11 heteroatoms. The summed E-state index contributed by atoms with van der Waals surface area (Å²) in [5, 5.41) is 11.5. The Bertz CT molecular complexity index is 1560. The minimum Gasteiger partial charge on any atom is -0.459 e. The lowest BCUT2D eigenvalue weighted by Crippen LogP contribution is -2.65. The maximum atomic E-state index is 13.7. The summed E-state index contributed by atoms with van der Waals surface area (Å²) < 4.78 is 24.1. The maximum absolute atomic E-state index is 13.7. The summed E-state index contributed by atoms with van der Waals surface area (Å²) in [5.41, 5.74) is 0.792. The van der Waals surface area contributed by atoms with Crippen LogP contribution in [0.2, 0.25) is 24.7 Å². The standard InChI is InChI=1S/C33H33NO9Si/c1-44(2,3)33(19-24(34-39)28(33)35)29-27(43-32(38)23-17-11-6-12-18-23)26(42-31(37)22-15-9-5-10-16-22)25(41-29)20-40-30(36)21-13-7-4-8-14-21/h4-18,25-27,29,39H,19-20H2,1-3H3/b34-24+/t25-,26-,27-,29-,33?/m1/s1. The van der Waals surface area contributed by atoms with E-state index < -0.39 is 61.2 Å². The predicted molar refractivity (Wildman–Crippen MR) is 162 cm³/mol. The molecule has 1 unspecified atom stereocenters. The molecule has 1 N–H and O–H groups in total. The zero-order chi connectivity index (χ0) is 31.5. The van der Waals surface area contributed by atoms with Crippen molar-refractivity contribution in [2.75, 3.05) is 6.61 Å². The van der Waals surface area contributed by atoms with Crippen molar-refractivity contribution in [3.05, 3.63) is 108 Å². The fourth-order valence-corrected chi connectivity index (χ4v) is 8.40. The van der Waals surface area contributed by atoms with E-state index >= 15 is 0 Å². The highest BCUT2D eigenvalue weighted by Gasteiger charge is 2.70. The normalized spacial score (nSPS) is 25.6. The van der Waals surface area contributed by atoms with Crippen LogP contribution in [0.15, 0.2) is 96.2 Å². The number of ether oxygens (including phenoxy) is 4. The summed E-state index contributed by atoms with van der Waals surface area (Å²) in [5.74, 6) is -2.46. The maximum Gasteiger partial charge on any atom is 0.338 e. The Kier molecular flexibility index (Phi) is 8.79. The van der Waals surface area contributed by atoms with Crippen molar-refractivity contribution in [3.8, 4) is 0 Å². The van der Waals surface area contributed by atoms with Gasteiger partial charge < -0.3 is 24.2 Å². The number of ketones is 1. The highest BCUT2D eigenvalue weighted by molar-refractivity contribution is 6.88. The SMILES string of the molecule is C[Si](C)(C)C1([C@@H]2O[C@H](COC(=O)c3ccccc3)[C@@H](OC(=O)c3ccccc3)[C@H]2OC(=O)c2ccccc2)C/C(=N\O)C1=O. The van der Waals surface area contributed by atoms with Gasteiger partial charge in [-0.1, -0.05) is 79.4 Å². The van der Waals surface area contributed by atoms with E-state index in [1.807, 2.05) is 19.6 Å². The first-order valence-corrected chi connectivity index (χ1v) is 17.7. The minimum absolute atomic E-state index is 0.0130. The van der Waals surface area contributed by atoms with E-state index in [-0.39, 0.29) is 29.9 Å². The average Bonchev–Trinajstić information content (AvgIpc) is 3.35. The molecular weight excluding hydrogens is 582 g/mol. The summed E-state index contributed by atoms with van der Waals surface area (Å²) >= 11 is 0. The van der Waals surface area contributed by atoms with Gasteiger partial charge in [-0.05, 0) is 36.4 Å². The van der Waals surface area contributed by atoms with Crippen LogP contribution in [0.5, 0.6) is 0 Å². The lowest BCUT2D eigenvalue weighted by atomic mass is 9.74. The molecule has 5 rings (SSSR count). The van der Waals surface area contributed by atoms with Crippen molar-refractivity contribution >= 4 is 37.5 Å². The first-order valence-electron chi connectivity index (χ1n) is 14.2. The highest BCUT2D eigenvalue weighted by atomic mass is 28.3. The quantitative estimate of drug-likeness (QED) is 0.117. The number of hydrogen-bond donors (Lipinski definition) is 1. The van der Waals surface area contributed by atoms with Crippen LogP contribution in [0.3, 0.4) is 0 Å². The van der Waals surface area contributed by atoms with Crippen LogP contribution in [0.4, 0.5) is 0 Å². The second kappa shape index (κ2) is 12.5. The molecule has 10 nitrogen and oxygen atoms in total. The molecule has 0 radical (unpaired) electrons. The Balaban J connectivity index is 1.54. The Labute approximate surface area is 255 Å². The molecule has 1 aliphatic carbocycles. The minimum atomic E-state index is -2.55. The third kappa shape index (κ3) is 5.80. The van der Waals surface area contributed by atoms with Crippen molar-refractivity contribution < 1.29 is 43.3 Å². The van der Waals surface area contributed by atoms with Gasteiger partial charge in [0.2, 0.25) is 0 Å². The predicted octanol–water partition coefficient (Wildman–Crippen LogP) is 4.94. The molecule has 5 atom stereocenters. The number of hydrogen-bond acceptors (Lipinski definition) is 10. The van der Waals surface area contributed by atoms with Gasteiger partial charge in [0, 0.05) is 6.42 Å². The first kappa shape index (κ1) is 30.8. The number of nitrogens with zero attached hydrogens (tertiary/aromatic N) is 1. The van der Waals surface area contributed by atoms with Crippen LogP contribution in [0, 0.1) is 0 Å². The molecule has 1 heterocycles. The van der Waals surface area contributed by atoms with Crippen LogP contribution in [0.25, 0.3) is 0 Å². The number of rotatable bonds is 9. The molecule has 3 aromatic rings. The second-order valence-corrected chi connectivity index (χ2v) is 17.2. The fraction of sp³-hybridized carbons (Fsp3) is 0.303. The van der Waals surface area contributed by atoms with E-state index in [9.17, 15) is 24.4 Å². The summed E-state index contributed by atoms with van der Waals surface area (Å²) in [7, 11) is -2.55. The molecule has 1 saturated carbocycles. The monoisotopic (exact) mass is 615 g/mol. The number of carbonyl (C=O) groups excluding carboxylic acids is 4. The molecule has 2 aliphatic rings. The van der Waals surface area contributed by atoms with Gasteiger partial charge in [-0.25, -0.2) is 14.4 Å². The number of carbonyl (C=O) groups is 4. The zero-order valence-corrected chi connectivity index (χ0v) is 25.5. The Morgan fingerprint density at radius 2 is 1.25 bits per heavy atom. The van der Waals surface area contributed by atoms with Gasteiger partial charge in [-0.3, -0.25) is 4.79 Å². The molecule has 228 valence electrons. The lowest BCUT2D eigenvalue weighted by Gasteiger charge is -2.52. The zero-order valence-electron chi connectivity index (χ0n) is 24.5. The molecule has 44 heavy (non-hydrogen) atoms. The van der Waals surface area contributed by atoms with Crippen LogP contribution in [-0.2, 0) is 23.7 Å². The molecule has 0 bridgehead atoms. The van der Waals surface area contributed by atoms with Crippen molar-refractivity contribution in [2.45, 2.75) is 55.5 Å². The van der Waals surface area contributed by atoms with Crippen molar-refractivity contribution in [3.63, 3.8) is 0 Å². The molecule has 3 aromatic carbocycles. The summed E-state index contributed by atoms with van der Waals surface area (Å²) in [6.07, 6.45) is -4.61. The van der Waals surface area contributed by atoms with Crippen LogP contribution in [-0.4, -0.2) is 73.7 Å². The molecule has 2 fully saturated rings. The third-order valence-corrected chi connectivity index (χ3v) is 11.6. The van der Waals surface area contributed by atoms with Gasteiger partial charge in [0.1, 0.15) is 24.5 Å². The van der Waals surface area contributed by atoms with Gasteiger partial charge in [0.15, 0.2) is 18.0 Å². The van der Waals surface area contributed by atoms with E-state index in [1.165, 1.54) is 0 Å². The largest absolute Gasteiger partial charge is 0.459 e. The number of benzene rings is 3. The van der Waals surface area contributed by atoms with E-state index in [1.54, 1.807) is 91.0 Å². The molecule has 0 spiro atoms. The van der Waals surface area contributed by atoms with Crippen molar-refractivity contribution in [2.24, 2.45) is 5.16 Å². The fourth-order valence-electron chi connectivity index (χ4n) is 5.80. The van der Waals surface area contributed by atoms with E-state index in [0.29, 0.717) is 5.56 Å². The van der Waals surface area contributed by atoms with Gasteiger partial charge >= 0.3 is 17.9 Å². The van der Waals surface area contributed by atoms with Crippen LogP contribution < -0.4 is 0 Å². The number of oxime groups is 1. The van der Waals surface area contributed by atoms with Gasteiger partial charge in [-0.2, -0.15) is 0 Å². The Morgan fingerprint density at radius 1 is 0.795 bits per heavy atom. The average molecular weight is 616 g/mol. The summed E-state index contributed by atoms with van der Waals surface area (Å²) in [6.45, 7) is 5.54. The van der Waals surface area contributed by atoms with Gasteiger partial charge in [0.05, 0.1) is 29.8 Å². The number of esters is 3. The second-order valence-electron chi connectivity index (χ2n) is 11.8. The topological polar surface area (TPSA) is 138 Å². The van der Waals surface area contributed by atoms with Crippen molar-refractivity contribution in [1.82, 2.24) is 0 Å². The lowest BCUT2D eigenvalue weighted by molar-refractivity contribution is -0.127. The molecule has 0 amide bonds. The summed E-state index contributed by atoms with van der Waals surface area (Å²) in [4.78, 5) is 53.4. The Hall–Kier alpha value is -4.61. The van der Waals surface area contributed by atoms with E-state index in [0.717, 1.165) is 0 Å².